The van der Waals surface area contributed by atoms with E-state index in [9.17, 15) is 0 Å². The summed E-state index contributed by atoms with van der Waals surface area (Å²) in [7, 11) is 0. The maximum absolute atomic E-state index is 6.51. The van der Waals surface area contributed by atoms with Crippen molar-refractivity contribution < 1.29 is 0 Å². The van der Waals surface area contributed by atoms with E-state index in [0.29, 0.717) is 0 Å². The molecule has 0 spiro atoms. The van der Waals surface area contributed by atoms with Gasteiger partial charge in [0.1, 0.15) is 0 Å². The molecule has 9 aromatic heterocycles. The third-order valence-corrected chi connectivity index (χ3v) is 30.7. The summed E-state index contributed by atoms with van der Waals surface area (Å²) >= 11 is 0. The van der Waals surface area contributed by atoms with Crippen LogP contribution in [-0.2, 0) is 43.3 Å². The van der Waals surface area contributed by atoms with Crippen molar-refractivity contribution in [2.24, 2.45) is 0 Å². The highest BCUT2D eigenvalue weighted by atomic mass is 14.8. The van der Waals surface area contributed by atoms with Crippen LogP contribution in [0.3, 0.4) is 0 Å². The minimum Gasteiger partial charge on any atom is -0.354 e. The summed E-state index contributed by atoms with van der Waals surface area (Å²) in [4.78, 5) is 43.3. The maximum atomic E-state index is 6.51. The van der Waals surface area contributed by atoms with Crippen LogP contribution < -0.4 is 0 Å². The molecule has 1 aliphatic rings. The average Bonchev–Trinajstić information content (AvgIpc) is 1.57. The molecule has 0 saturated carbocycles. The third-order valence-electron chi connectivity index (χ3n) is 30.7. The Hall–Kier alpha value is -14.1. The Morgan fingerprint density at radius 3 is 0.934 bits per heavy atom. The van der Waals surface area contributed by atoms with Crippen LogP contribution in [0, 0.1) is 0 Å². The Kier molecular flexibility index (Phi) is 17.1. The standard InChI is InChI=1S/C128H116N8/c1-121(2,3)75-47-71(48-76(56-75)122(4,5)6)106-92-41-44-95(129-92)112(84-39-36-68-33-31-65-27-25-28-67-35-38-83(84)105(68)103(65)67)96-45-42-93(130-96)107(72-49-77(123(7,8)9)57-78(50-72)124(10,11)12)99-63-90-91-64-102-109(74-53-81(127(19,20)21)59-82(54-74)128(22,23)24)101-60-87-86-55-70-30-26-29-66-32-34-69-37-40-85(111(86)110(69)104(66)70)113(116(87)132-101)97-46-43-94(131-97)108(73-51-79(125(13,14)15)58-80(52-73)126(16,17)18)100-62-89-88-61-98(106)133-117(88)114(119(90)134-99)115(118(89)135-100)120(91)136-102/h25-64,130-131,133,136H,1-24H3. The number of nitrogens with one attached hydrogen (secondary N) is 4. The molecule has 4 N–H and O–H groups in total. The van der Waals surface area contributed by atoms with Gasteiger partial charge in [-0.1, -0.05) is 336 Å². The number of H-pyrrole nitrogens is 4. The van der Waals surface area contributed by atoms with Crippen molar-refractivity contribution in [2.45, 2.75) is 209 Å². The van der Waals surface area contributed by atoms with Crippen LogP contribution in [0.4, 0.5) is 0 Å². The first-order chi connectivity index (χ1) is 64.4. The van der Waals surface area contributed by atoms with Crippen molar-refractivity contribution in [1.82, 2.24) is 39.9 Å². The molecule has 24 aromatic rings. The number of fused-ring (bicyclic) bond motifs is 16. The predicted octanol–water partition coefficient (Wildman–Crippen LogP) is 36.0. The van der Waals surface area contributed by atoms with E-state index >= 15 is 0 Å². The fraction of sp³-hybridized carbons (Fsp3) is 0.250. The van der Waals surface area contributed by atoms with E-state index in [4.69, 9.17) is 19.9 Å². The molecule has 0 fully saturated rings. The Morgan fingerprint density at radius 1 is 0.191 bits per heavy atom. The van der Waals surface area contributed by atoms with E-state index in [1.807, 2.05) is 0 Å². The number of aromatic amines is 4. The quantitative estimate of drug-likeness (QED) is 0.101. The monoisotopic (exact) mass is 1760 g/mol. The summed E-state index contributed by atoms with van der Waals surface area (Å²) in [6.07, 6.45) is 4.59. The van der Waals surface area contributed by atoms with Gasteiger partial charge in [-0.25, -0.2) is 19.9 Å². The molecule has 0 saturated heterocycles. The number of nitrogens with zero attached hydrogens (tertiary/aromatic N) is 4. The van der Waals surface area contributed by atoms with E-state index in [0.717, 1.165) is 193 Å². The van der Waals surface area contributed by atoms with Crippen LogP contribution in [0.15, 0.2) is 231 Å². The largest absolute Gasteiger partial charge is 0.354 e. The molecule has 0 aliphatic carbocycles. The molecule has 8 heteroatoms. The van der Waals surface area contributed by atoms with Gasteiger partial charge >= 0.3 is 0 Å². The van der Waals surface area contributed by atoms with Gasteiger partial charge in [0.2, 0.25) is 0 Å². The van der Waals surface area contributed by atoms with Crippen LogP contribution >= 0.6 is 0 Å². The highest BCUT2D eigenvalue weighted by Gasteiger charge is 2.34. The molecule has 25 rings (SSSR count). The lowest BCUT2D eigenvalue weighted by Crippen LogP contribution is -2.16. The number of benzene rings is 15. The van der Waals surface area contributed by atoms with Gasteiger partial charge in [0.05, 0.1) is 55.5 Å². The van der Waals surface area contributed by atoms with Crippen molar-refractivity contribution in [3.05, 3.63) is 286 Å². The number of hydrogen-bond donors (Lipinski definition) is 4. The first-order valence-corrected chi connectivity index (χ1v) is 49.0. The van der Waals surface area contributed by atoms with Gasteiger partial charge in [0.25, 0.3) is 0 Å². The molecule has 10 heterocycles. The maximum Gasteiger partial charge on any atom is 0.0818 e. The topological polar surface area (TPSA) is 115 Å². The first kappa shape index (κ1) is 83.7. The molecule has 15 aromatic carbocycles. The molecule has 0 amide bonds. The predicted molar refractivity (Wildman–Crippen MR) is 587 cm³/mol. The minimum atomic E-state index is -0.238. The zero-order valence-corrected chi connectivity index (χ0v) is 82.9. The second-order valence-corrected chi connectivity index (χ2v) is 48.3. The smallest absolute Gasteiger partial charge is 0.0818 e. The van der Waals surface area contributed by atoms with Crippen LogP contribution in [0.25, 0.3) is 264 Å². The summed E-state index contributed by atoms with van der Waals surface area (Å²) in [6.45, 7) is 56.5. The zero-order chi connectivity index (χ0) is 94.3. The Morgan fingerprint density at radius 2 is 0.507 bits per heavy atom. The fourth-order valence-electron chi connectivity index (χ4n) is 22.9. The van der Waals surface area contributed by atoms with Gasteiger partial charge in [0.15, 0.2) is 0 Å². The molecule has 8 nitrogen and oxygen atoms in total. The summed E-state index contributed by atoms with van der Waals surface area (Å²) in [5.74, 6) is 0. The lowest BCUT2D eigenvalue weighted by atomic mass is 9.78. The average molecular weight is 1770 g/mol. The Balaban J connectivity index is 0.957. The number of hydrogen-bond acceptors (Lipinski definition) is 4. The van der Waals surface area contributed by atoms with Gasteiger partial charge < -0.3 is 19.9 Å². The van der Waals surface area contributed by atoms with Crippen LogP contribution in [0.1, 0.15) is 222 Å². The van der Waals surface area contributed by atoms with Gasteiger partial charge in [-0.15, -0.1) is 0 Å². The van der Waals surface area contributed by atoms with E-state index in [2.05, 4.69) is 429 Å². The minimum absolute atomic E-state index is 0.226. The van der Waals surface area contributed by atoms with Crippen LogP contribution in [0.2, 0.25) is 0 Å². The summed E-state index contributed by atoms with van der Waals surface area (Å²) in [5.41, 5.74) is 33.2. The summed E-state index contributed by atoms with van der Waals surface area (Å²) in [6, 6.07) is 90.5. The third kappa shape index (κ3) is 12.7. The van der Waals surface area contributed by atoms with Gasteiger partial charge in [-0.05, 0) is 264 Å². The second kappa shape index (κ2) is 27.8. The van der Waals surface area contributed by atoms with Crippen molar-refractivity contribution in [2.75, 3.05) is 0 Å². The number of aromatic nitrogens is 8. The molecule has 0 radical (unpaired) electrons. The molecule has 1 aliphatic heterocycles. The first-order valence-electron chi connectivity index (χ1n) is 49.0. The van der Waals surface area contributed by atoms with Crippen molar-refractivity contribution in [1.29, 1.82) is 0 Å². The molecule has 16 bridgehead atoms. The molecule has 0 unspecified atom stereocenters. The van der Waals surface area contributed by atoms with Gasteiger partial charge in [-0.2, -0.15) is 0 Å². The molecule has 136 heavy (non-hydrogen) atoms. The van der Waals surface area contributed by atoms with E-state index in [1.54, 1.807) is 0 Å². The van der Waals surface area contributed by atoms with E-state index in [-0.39, 0.29) is 43.3 Å². The molecular weight excluding hydrogens is 1650 g/mol. The van der Waals surface area contributed by atoms with Crippen molar-refractivity contribution in [3.63, 3.8) is 0 Å². The van der Waals surface area contributed by atoms with Gasteiger partial charge in [0, 0.05) is 104 Å². The van der Waals surface area contributed by atoms with Crippen molar-refractivity contribution >= 4 is 208 Å². The lowest BCUT2D eigenvalue weighted by Gasteiger charge is -2.26. The second-order valence-electron chi connectivity index (χ2n) is 48.3. The molecule has 0 atom stereocenters. The SMILES string of the molecule is CC(C)(C)c1cc(-c2c3nc(c(-c4ccc5ccc6cccc7ccc4c5c67)c4ccc([nH]4)c(-c4cc(C(C)(C)C)cc(C(C)(C)C)c4)c4cc5c6cc7[nH]c6c6c8nc(cc8c8cc2[nH]c8c6c5n4)c(-c2cc(C(C)(C)C)cc(C(C)(C)C)c2)c2ccc([nH]2)c2c4ccc5ccc6cccc8cc(c9cc(nc92)c7-c2cc(C(C)(C)C)cc(C(C)(C)C)c2)c4c5c68)C=C3)cc(C(C)(C)C)c1. The Labute approximate surface area is 793 Å². The normalized spacial score (nSPS) is 13.7. The molecule has 668 valence electrons. The Bertz CT molecular complexity index is 9390. The number of rotatable bonds is 5. The highest BCUT2D eigenvalue weighted by Crippen LogP contribution is 2.55. The van der Waals surface area contributed by atoms with Crippen LogP contribution in [0.5, 0.6) is 0 Å². The highest BCUT2D eigenvalue weighted by molar-refractivity contribution is 6.42. The summed E-state index contributed by atoms with van der Waals surface area (Å²) < 4.78 is 0. The van der Waals surface area contributed by atoms with Crippen LogP contribution in [-0.4, -0.2) is 39.9 Å². The molecular formula is C128H116N8. The van der Waals surface area contributed by atoms with E-state index in [1.165, 1.54) is 115 Å². The van der Waals surface area contributed by atoms with E-state index < -0.39 is 0 Å². The lowest BCUT2D eigenvalue weighted by molar-refractivity contribution is 0.568. The van der Waals surface area contributed by atoms with Gasteiger partial charge in [-0.3, -0.25) is 0 Å². The summed E-state index contributed by atoms with van der Waals surface area (Å²) in [5, 5.41) is 25.3. The zero-order valence-electron chi connectivity index (χ0n) is 82.9. The fourth-order valence-corrected chi connectivity index (χ4v) is 22.9. The van der Waals surface area contributed by atoms with Crippen molar-refractivity contribution in [3.8, 4) is 55.6 Å².